The molecule has 0 aliphatic rings. The Hall–Kier alpha value is -1.07. The van der Waals surface area contributed by atoms with E-state index in [0.717, 1.165) is 25.9 Å². The molecule has 0 radical (unpaired) electrons. The highest BCUT2D eigenvalue weighted by atomic mass is 79.9. The number of halogens is 3. The Morgan fingerprint density at radius 3 is 2.60 bits per heavy atom. The molecule has 2 aromatic rings. The predicted octanol–water partition coefficient (Wildman–Crippen LogP) is 5.28. The monoisotopic (exact) mass is 401 g/mol. The van der Waals surface area contributed by atoms with Crippen molar-refractivity contribution in [1.82, 2.24) is 0 Å². The average Bonchev–Trinajstić information content (AvgIpc) is 2.39. The maximum Gasteiger partial charge on any atom is 0.138 e. The fraction of sp³-hybridized carbons (Fsp3) is 0.200. The number of benzene rings is 2. The molecule has 0 spiro atoms. The van der Waals surface area contributed by atoms with Crippen molar-refractivity contribution in [3.05, 3.63) is 56.2 Å². The van der Waals surface area contributed by atoms with Crippen molar-refractivity contribution in [2.24, 2.45) is 0 Å². The van der Waals surface area contributed by atoms with Gasteiger partial charge in [-0.2, -0.15) is 0 Å². The molecule has 0 aliphatic heterocycles. The zero-order valence-corrected chi connectivity index (χ0v) is 14.3. The lowest BCUT2D eigenvalue weighted by Gasteiger charge is -2.13. The van der Waals surface area contributed by atoms with Crippen LogP contribution in [0.3, 0.4) is 0 Å². The SMILES string of the molecule is COc1c(Br)cc(Br)cc1CNc1ccc(F)c(C)c1. The van der Waals surface area contributed by atoms with Gasteiger partial charge in [0.25, 0.3) is 0 Å². The standard InChI is InChI=1S/C15H14Br2FNO/c1-9-5-12(3-4-14(9)18)19-8-10-6-11(16)7-13(17)15(10)20-2/h3-7,19H,8H2,1-2H3. The Balaban J connectivity index is 2.20. The second-order valence-corrected chi connectivity index (χ2v) is 6.17. The summed E-state index contributed by atoms with van der Waals surface area (Å²) in [4.78, 5) is 0. The molecule has 2 aromatic carbocycles. The third-order valence-electron chi connectivity index (χ3n) is 2.93. The topological polar surface area (TPSA) is 21.3 Å². The molecular formula is C15H14Br2FNO. The predicted molar refractivity (Wildman–Crippen MR) is 86.9 cm³/mol. The van der Waals surface area contributed by atoms with Crippen LogP contribution < -0.4 is 10.1 Å². The molecule has 0 aliphatic carbocycles. The molecule has 20 heavy (non-hydrogen) atoms. The van der Waals surface area contributed by atoms with Gasteiger partial charge in [-0.1, -0.05) is 15.9 Å². The van der Waals surface area contributed by atoms with Gasteiger partial charge in [-0.15, -0.1) is 0 Å². The van der Waals surface area contributed by atoms with E-state index >= 15 is 0 Å². The molecule has 106 valence electrons. The molecule has 0 atom stereocenters. The van der Waals surface area contributed by atoms with Crippen LogP contribution in [0, 0.1) is 12.7 Å². The second kappa shape index (κ2) is 6.59. The summed E-state index contributed by atoms with van der Waals surface area (Å²) in [6, 6.07) is 8.90. The first-order valence-electron chi connectivity index (χ1n) is 6.03. The van der Waals surface area contributed by atoms with Gasteiger partial charge >= 0.3 is 0 Å². The summed E-state index contributed by atoms with van der Waals surface area (Å²) in [5, 5.41) is 3.27. The van der Waals surface area contributed by atoms with Crippen molar-refractivity contribution >= 4 is 37.5 Å². The van der Waals surface area contributed by atoms with Gasteiger partial charge < -0.3 is 10.1 Å². The van der Waals surface area contributed by atoms with E-state index in [1.54, 1.807) is 26.2 Å². The fourth-order valence-electron chi connectivity index (χ4n) is 1.93. The zero-order valence-electron chi connectivity index (χ0n) is 11.1. The molecule has 0 saturated carbocycles. The van der Waals surface area contributed by atoms with Gasteiger partial charge in [0, 0.05) is 22.3 Å². The number of ether oxygens (including phenoxy) is 1. The largest absolute Gasteiger partial charge is 0.495 e. The van der Waals surface area contributed by atoms with Crippen LogP contribution in [-0.2, 0) is 6.54 Å². The van der Waals surface area contributed by atoms with Gasteiger partial charge in [0.05, 0.1) is 11.6 Å². The Bertz CT molecular complexity index is 632. The van der Waals surface area contributed by atoms with E-state index in [-0.39, 0.29) is 5.82 Å². The van der Waals surface area contributed by atoms with Crippen molar-refractivity contribution in [3.63, 3.8) is 0 Å². The van der Waals surface area contributed by atoms with E-state index in [0.29, 0.717) is 12.1 Å². The summed E-state index contributed by atoms with van der Waals surface area (Å²) in [6.07, 6.45) is 0. The lowest BCUT2D eigenvalue weighted by Crippen LogP contribution is -2.03. The number of anilines is 1. The Morgan fingerprint density at radius 2 is 1.95 bits per heavy atom. The minimum Gasteiger partial charge on any atom is -0.495 e. The van der Waals surface area contributed by atoms with Gasteiger partial charge in [-0.25, -0.2) is 4.39 Å². The summed E-state index contributed by atoms with van der Waals surface area (Å²) >= 11 is 6.93. The van der Waals surface area contributed by atoms with Crippen molar-refractivity contribution in [2.75, 3.05) is 12.4 Å². The number of hydrogen-bond acceptors (Lipinski definition) is 2. The summed E-state index contributed by atoms with van der Waals surface area (Å²) in [6.45, 7) is 2.34. The Morgan fingerprint density at radius 1 is 1.20 bits per heavy atom. The number of methoxy groups -OCH3 is 1. The van der Waals surface area contributed by atoms with Gasteiger partial charge in [-0.05, 0) is 58.7 Å². The van der Waals surface area contributed by atoms with E-state index in [4.69, 9.17) is 4.74 Å². The summed E-state index contributed by atoms with van der Waals surface area (Å²) in [7, 11) is 1.64. The highest BCUT2D eigenvalue weighted by molar-refractivity contribution is 9.11. The van der Waals surface area contributed by atoms with Gasteiger partial charge in [-0.3, -0.25) is 0 Å². The van der Waals surface area contributed by atoms with E-state index in [2.05, 4.69) is 37.2 Å². The quantitative estimate of drug-likeness (QED) is 0.751. The summed E-state index contributed by atoms with van der Waals surface area (Å²) in [5.41, 5.74) is 2.51. The number of rotatable bonds is 4. The van der Waals surface area contributed by atoms with Crippen molar-refractivity contribution in [1.29, 1.82) is 0 Å². The molecule has 0 heterocycles. The zero-order chi connectivity index (χ0) is 14.7. The summed E-state index contributed by atoms with van der Waals surface area (Å²) in [5.74, 6) is 0.595. The lowest BCUT2D eigenvalue weighted by atomic mass is 10.1. The molecule has 0 saturated heterocycles. The van der Waals surface area contributed by atoms with E-state index < -0.39 is 0 Å². The third-order valence-corrected chi connectivity index (χ3v) is 3.98. The molecule has 1 N–H and O–H groups in total. The Kier molecular flexibility index (Phi) is 5.05. The van der Waals surface area contributed by atoms with E-state index in [9.17, 15) is 4.39 Å². The molecule has 0 aromatic heterocycles. The summed E-state index contributed by atoms with van der Waals surface area (Å²) < 4.78 is 20.5. The molecule has 2 nitrogen and oxygen atoms in total. The fourth-order valence-corrected chi connectivity index (χ4v) is 3.40. The maximum absolute atomic E-state index is 13.2. The van der Waals surface area contributed by atoms with Gasteiger partial charge in [0.2, 0.25) is 0 Å². The molecule has 0 bridgehead atoms. The van der Waals surface area contributed by atoms with Gasteiger partial charge in [0.15, 0.2) is 0 Å². The van der Waals surface area contributed by atoms with Crippen LogP contribution in [0.2, 0.25) is 0 Å². The second-order valence-electron chi connectivity index (χ2n) is 4.40. The van der Waals surface area contributed by atoms with E-state index in [1.165, 1.54) is 6.07 Å². The smallest absolute Gasteiger partial charge is 0.138 e. The number of aryl methyl sites for hydroxylation is 1. The number of hydrogen-bond donors (Lipinski definition) is 1. The normalized spacial score (nSPS) is 10.4. The molecule has 0 fully saturated rings. The first kappa shape index (κ1) is 15.3. The van der Waals surface area contributed by atoms with Crippen LogP contribution in [0.5, 0.6) is 5.75 Å². The molecular weight excluding hydrogens is 389 g/mol. The minimum absolute atomic E-state index is 0.196. The highest BCUT2D eigenvalue weighted by Crippen LogP contribution is 2.33. The van der Waals surface area contributed by atoms with Crippen LogP contribution in [-0.4, -0.2) is 7.11 Å². The van der Waals surface area contributed by atoms with Crippen LogP contribution in [0.25, 0.3) is 0 Å². The molecule has 2 rings (SSSR count). The average molecular weight is 403 g/mol. The molecule has 0 unspecified atom stereocenters. The van der Waals surface area contributed by atoms with Crippen molar-refractivity contribution < 1.29 is 9.13 Å². The first-order valence-corrected chi connectivity index (χ1v) is 7.62. The minimum atomic E-state index is -0.196. The van der Waals surface area contributed by atoms with Crippen LogP contribution >= 0.6 is 31.9 Å². The van der Waals surface area contributed by atoms with Crippen LogP contribution in [0.4, 0.5) is 10.1 Å². The third kappa shape index (κ3) is 3.52. The lowest BCUT2D eigenvalue weighted by molar-refractivity contribution is 0.407. The molecule has 0 amide bonds. The Labute approximate surface area is 134 Å². The molecule has 5 heteroatoms. The number of nitrogens with one attached hydrogen (secondary N) is 1. The van der Waals surface area contributed by atoms with Crippen LogP contribution in [0.1, 0.15) is 11.1 Å². The van der Waals surface area contributed by atoms with Crippen molar-refractivity contribution in [2.45, 2.75) is 13.5 Å². The maximum atomic E-state index is 13.2. The van der Waals surface area contributed by atoms with Crippen LogP contribution in [0.15, 0.2) is 39.3 Å². The van der Waals surface area contributed by atoms with Gasteiger partial charge in [0.1, 0.15) is 11.6 Å². The highest BCUT2D eigenvalue weighted by Gasteiger charge is 2.09. The van der Waals surface area contributed by atoms with E-state index in [1.807, 2.05) is 12.1 Å². The van der Waals surface area contributed by atoms with Crippen molar-refractivity contribution in [3.8, 4) is 5.75 Å². The first-order chi connectivity index (χ1) is 9.51.